The molecule has 0 spiro atoms. The monoisotopic (exact) mass is 331 g/mol. The van der Waals surface area contributed by atoms with Gasteiger partial charge in [0, 0.05) is 11.1 Å². The van der Waals surface area contributed by atoms with Crippen LogP contribution >= 0.6 is 0 Å². The molecule has 0 aliphatic carbocycles. The van der Waals surface area contributed by atoms with E-state index in [1.165, 1.54) is 29.8 Å². The van der Waals surface area contributed by atoms with Gasteiger partial charge in [-0.15, -0.1) is 0 Å². The fourth-order valence-electron chi connectivity index (χ4n) is 2.50. The molecule has 0 bridgehead atoms. The van der Waals surface area contributed by atoms with E-state index >= 15 is 0 Å². The first kappa shape index (κ1) is 16.6. The standard InChI is InChI=1S/C22H15F2N/c1-15-2-6-17(7-3-15)18-10-12-20(13-11-18)22(24)21(23)19-8-4-16(14-25)5-9-19/h2-13H,1H3. The van der Waals surface area contributed by atoms with E-state index in [1.807, 2.05) is 37.3 Å². The summed E-state index contributed by atoms with van der Waals surface area (Å²) in [5, 5.41) is 8.76. The molecule has 3 aromatic rings. The van der Waals surface area contributed by atoms with E-state index in [2.05, 4.69) is 0 Å². The van der Waals surface area contributed by atoms with Crippen molar-refractivity contribution in [1.82, 2.24) is 0 Å². The van der Waals surface area contributed by atoms with E-state index in [1.54, 1.807) is 24.3 Å². The second-order valence-electron chi connectivity index (χ2n) is 5.76. The Labute approximate surface area is 145 Å². The summed E-state index contributed by atoms with van der Waals surface area (Å²) in [6, 6.07) is 22.3. The number of nitrogens with zero attached hydrogens (tertiary/aromatic N) is 1. The van der Waals surface area contributed by atoms with Gasteiger partial charge in [-0.25, -0.2) is 8.78 Å². The van der Waals surface area contributed by atoms with Crippen LogP contribution in [0.3, 0.4) is 0 Å². The van der Waals surface area contributed by atoms with Gasteiger partial charge in [-0.05, 0) is 30.2 Å². The molecule has 0 unspecified atom stereocenters. The van der Waals surface area contributed by atoms with Gasteiger partial charge in [0.25, 0.3) is 0 Å². The number of nitriles is 1. The molecule has 0 saturated carbocycles. The van der Waals surface area contributed by atoms with Crippen molar-refractivity contribution in [2.45, 2.75) is 6.92 Å². The maximum atomic E-state index is 14.4. The molecule has 0 aliphatic rings. The number of hydrogen-bond donors (Lipinski definition) is 0. The topological polar surface area (TPSA) is 23.8 Å². The van der Waals surface area contributed by atoms with Crippen molar-refractivity contribution in [3.63, 3.8) is 0 Å². The van der Waals surface area contributed by atoms with Gasteiger partial charge in [0.1, 0.15) is 0 Å². The average molecular weight is 331 g/mol. The number of halogens is 2. The van der Waals surface area contributed by atoms with Crippen LogP contribution in [0.25, 0.3) is 22.8 Å². The van der Waals surface area contributed by atoms with Crippen molar-refractivity contribution < 1.29 is 8.78 Å². The van der Waals surface area contributed by atoms with E-state index < -0.39 is 11.7 Å². The molecule has 0 radical (unpaired) electrons. The smallest absolute Gasteiger partial charge is 0.166 e. The molecule has 3 heteroatoms. The number of rotatable bonds is 3. The minimum atomic E-state index is -0.937. The highest BCUT2D eigenvalue weighted by Crippen LogP contribution is 2.30. The zero-order valence-electron chi connectivity index (χ0n) is 13.6. The Hall–Kier alpha value is -3.25. The largest absolute Gasteiger partial charge is 0.203 e. The van der Waals surface area contributed by atoms with E-state index in [9.17, 15) is 8.78 Å². The summed E-state index contributed by atoms with van der Waals surface area (Å²) in [5.74, 6) is -1.85. The summed E-state index contributed by atoms with van der Waals surface area (Å²) in [6.07, 6.45) is 0. The van der Waals surface area contributed by atoms with Crippen molar-refractivity contribution in [3.8, 4) is 17.2 Å². The second kappa shape index (κ2) is 7.11. The summed E-state index contributed by atoms with van der Waals surface area (Å²) in [7, 11) is 0. The fraction of sp³-hybridized carbons (Fsp3) is 0.0455. The molecule has 0 amide bonds. The molecule has 0 heterocycles. The first-order valence-corrected chi connectivity index (χ1v) is 7.82. The molecule has 0 aromatic heterocycles. The molecule has 0 fully saturated rings. The van der Waals surface area contributed by atoms with Crippen LogP contribution in [0, 0.1) is 18.3 Å². The van der Waals surface area contributed by atoms with Crippen LogP contribution in [0.15, 0.2) is 72.8 Å². The highest BCUT2D eigenvalue weighted by atomic mass is 19.2. The Morgan fingerprint density at radius 1 is 0.680 bits per heavy atom. The molecule has 25 heavy (non-hydrogen) atoms. The molecule has 0 N–H and O–H groups in total. The lowest BCUT2D eigenvalue weighted by atomic mass is 10.0. The Balaban J connectivity index is 1.89. The lowest BCUT2D eigenvalue weighted by Crippen LogP contribution is -1.86. The Kier molecular flexibility index (Phi) is 4.72. The maximum absolute atomic E-state index is 14.4. The number of hydrogen-bond acceptors (Lipinski definition) is 1. The maximum Gasteiger partial charge on any atom is 0.166 e. The van der Waals surface area contributed by atoms with Crippen molar-refractivity contribution in [2.24, 2.45) is 0 Å². The van der Waals surface area contributed by atoms with E-state index in [4.69, 9.17) is 5.26 Å². The Bertz CT molecular complexity index is 945. The van der Waals surface area contributed by atoms with Gasteiger partial charge < -0.3 is 0 Å². The van der Waals surface area contributed by atoms with Crippen molar-refractivity contribution >= 4 is 11.7 Å². The third kappa shape index (κ3) is 3.64. The lowest BCUT2D eigenvalue weighted by molar-refractivity contribution is 0.700. The molecular weight excluding hydrogens is 316 g/mol. The number of benzene rings is 3. The van der Waals surface area contributed by atoms with Gasteiger partial charge in [0.2, 0.25) is 0 Å². The molecule has 122 valence electrons. The molecule has 0 atom stereocenters. The minimum Gasteiger partial charge on any atom is -0.203 e. The summed E-state index contributed by atoms with van der Waals surface area (Å²) in [5.41, 5.74) is 3.82. The van der Waals surface area contributed by atoms with Gasteiger partial charge in [0.05, 0.1) is 11.6 Å². The molecule has 1 nitrogen and oxygen atoms in total. The van der Waals surface area contributed by atoms with Crippen molar-refractivity contribution in [1.29, 1.82) is 5.26 Å². The van der Waals surface area contributed by atoms with Crippen LogP contribution in [0.5, 0.6) is 0 Å². The quantitative estimate of drug-likeness (QED) is 0.517. The molecular formula is C22H15F2N. The minimum absolute atomic E-state index is 0.110. The first-order chi connectivity index (χ1) is 12.1. The van der Waals surface area contributed by atoms with E-state index in [-0.39, 0.29) is 11.1 Å². The molecule has 3 rings (SSSR count). The third-order valence-electron chi connectivity index (χ3n) is 3.98. The van der Waals surface area contributed by atoms with Gasteiger partial charge in [-0.1, -0.05) is 66.2 Å². The average Bonchev–Trinajstić information content (AvgIpc) is 2.67. The molecule has 0 saturated heterocycles. The van der Waals surface area contributed by atoms with Crippen LogP contribution in [0.2, 0.25) is 0 Å². The van der Waals surface area contributed by atoms with Crippen LogP contribution in [-0.4, -0.2) is 0 Å². The molecule has 0 aliphatic heterocycles. The van der Waals surface area contributed by atoms with Crippen LogP contribution in [0.4, 0.5) is 8.78 Å². The highest BCUT2D eigenvalue weighted by Gasteiger charge is 2.11. The fourth-order valence-corrected chi connectivity index (χ4v) is 2.50. The summed E-state index contributed by atoms with van der Waals surface area (Å²) in [4.78, 5) is 0. The van der Waals surface area contributed by atoms with Crippen LogP contribution < -0.4 is 0 Å². The summed E-state index contributed by atoms with van der Waals surface area (Å²) < 4.78 is 28.8. The lowest BCUT2D eigenvalue weighted by Gasteiger charge is -2.05. The van der Waals surface area contributed by atoms with E-state index in [0.29, 0.717) is 5.56 Å². The highest BCUT2D eigenvalue weighted by molar-refractivity contribution is 5.83. The van der Waals surface area contributed by atoms with Crippen LogP contribution in [0.1, 0.15) is 22.3 Å². The SMILES string of the molecule is Cc1ccc(-c2ccc(C(F)=C(F)c3ccc(C#N)cc3)cc2)cc1. The zero-order chi connectivity index (χ0) is 17.8. The summed E-state index contributed by atoms with van der Waals surface area (Å²) in [6.45, 7) is 2.01. The molecule has 3 aromatic carbocycles. The van der Waals surface area contributed by atoms with Gasteiger partial charge in [-0.2, -0.15) is 5.26 Å². The third-order valence-corrected chi connectivity index (χ3v) is 3.98. The first-order valence-electron chi connectivity index (χ1n) is 7.82. The van der Waals surface area contributed by atoms with Crippen LogP contribution in [-0.2, 0) is 0 Å². The number of aryl methyl sites for hydroxylation is 1. The van der Waals surface area contributed by atoms with Crippen molar-refractivity contribution in [2.75, 3.05) is 0 Å². The predicted octanol–water partition coefficient (Wildman–Crippen LogP) is 6.30. The second-order valence-corrected chi connectivity index (χ2v) is 5.76. The normalized spacial score (nSPS) is 11.6. The van der Waals surface area contributed by atoms with Gasteiger partial charge in [0.15, 0.2) is 11.7 Å². The zero-order valence-corrected chi connectivity index (χ0v) is 13.6. The Morgan fingerprint density at radius 3 is 1.52 bits per heavy atom. The predicted molar refractivity (Wildman–Crippen MR) is 96.8 cm³/mol. The Morgan fingerprint density at radius 2 is 1.08 bits per heavy atom. The van der Waals surface area contributed by atoms with Gasteiger partial charge >= 0.3 is 0 Å². The van der Waals surface area contributed by atoms with Crippen molar-refractivity contribution in [3.05, 3.63) is 95.1 Å². The van der Waals surface area contributed by atoms with E-state index in [0.717, 1.165) is 11.1 Å². The summed E-state index contributed by atoms with van der Waals surface area (Å²) >= 11 is 0. The van der Waals surface area contributed by atoms with Gasteiger partial charge in [-0.3, -0.25) is 0 Å².